The normalized spacial score (nSPS) is 15.8. The van der Waals surface area contributed by atoms with Gasteiger partial charge in [0.15, 0.2) is 0 Å². The molecule has 0 aliphatic carbocycles. The lowest BCUT2D eigenvalue weighted by molar-refractivity contribution is -0.155. The summed E-state index contributed by atoms with van der Waals surface area (Å²) >= 11 is 0. The molecule has 1 unspecified atom stereocenters. The van der Waals surface area contributed by atoms with Crippen LogP contribution in [0.4, 0.5) is 0 Å². The van der Waals surface area contributed by atoms with E-state index in [9.17, 15) is 19.5 Å². The van der Waals surface area contributed by atoms with Gasteiger partial charge in [-0.15, -0.1) is 0 Å². The number of phenolic OH excluding ortho intramolecular Hbond substituents is 1. The van der Waals surface area contributed by atoms with Gasteiger partial charge in [-0.25, -0.2) is 14.4 Å². The highest BCUT2D eigenvalue weighted by molar-refractivity contribution is 5.95. The molecule has 7 heteroatoms. The van der Waals surface area contributed by atoms with Crippen molar-refractivity contribution in [3.8, 4) is 5.75 Å². The van der Waals surface area contributed by atoms with Crippen molar-refractivity contribution >= 4 is 22.9 Å². The van der Waals surface area contributed by atoms with Crippen LogP contribution in [0.25, 0.3) is 11.0 Å². The molecule has 4 rings (SSSR count). The summed E-state index contributed by atoms with van der Waals surface area (Å²) in [7, 11) is 0. The van der Waals surface area contributed by atoms with Crippen LogP contribution < -0.4 is 5.63 Å². The summed E-state index contributed by atoms with van der Waals surface area (Å²) in [6.45, 7) is 1.43. The van der Waals surface area contributed by atoms with Crippen molar-refractivity contribution in [3.63, 3.8) is 0 Å². The van der Waals surface area contributed by atoms with Crippen LogP contribution in [0.5, 0.6) is 5.75 Å². The smallest absolute Gasteiger partial charge is 0.348 e. The van der Waals surface area contributed by atoms with Gasteiger partial charge in [-0.3, -0.25) is 0 Å². The van der Waals surface area contributed by atoms with Crippen molar-refractivity contribution < 1.29 is 28.6 Å². The van der Waals surface area contributed by atoms with Gasteiger partial charge in [0.1, 0.15) is 17.9 Å². The second kappa shape index (κ2) is 6.84. The van der Waals surface area contributed by atoms with Crippen LogP contribution in [0.15, 0.2) is 51.7 Å². The van der Waals surface area contributed by atoms with E-state index in [1.165, 1.54) is 12.1 Å². The third-order valence-electron chi connectivity index (χ3n) is 4.74. The van der Waals surface area contributed by atoms with Crippen LogP contribution in [0.2, 0.25) is 0 Å². The summed E-state index contributed by atoms with van der Waals surface area (Å²) < 4.78 is 15.7. The number of rotatable bonds is 3. The number of fused-ring (bicyclic) bond motifs is 2. The number of hydrogen-bond donors (Lipinski definition) is 1. The van der Waals surface area contributed by atoms with E-state index >= 15 is 0 Å². The Hall–Kier alpha value is -3.61. The molecule has 1 atom stereocenters. The van der Waals surface area contributed by atoms with Gasteiger partial charge in [-0.2, -0.15) is 0 Å². The number of aromatic hydroxyl groups is 1. The summed E-state index contributed by atoms with van der Waals surface area (Å²) in [5.74, 6) is -1.27. The third kappa shape index (κ3) is 3.11. The maximum absolute atomic E-state index is 12.4. The standard InChI is InChI=1S/C21H16O7/c1-11-16(22)7-6-14-13(9-18(23)28-19(11)14)10-26-21(25)17-8-12-4-2-3-5-15(12)20(24)27-17/h2-7,9,17,22H,8,10H2,1H3. The van der Waals surface area contributed by atoms with E-state index in [0.29, 0.717) is 22.1 Å². The number of carbonyl (C=O) groups is 2. The maximum Gasteiger partial charge on any atom is 0.348 e. The first-order chi connectivity index (χ1) is 13.4. The van der Waals surface area contributed by atoms with Gasteiger partial charge in [-0.05, 0) is 30.7 Å². The molecule has 0 saturated heterocycles. The second-order valence-corrected chi connectivity index (χ2v) is 6.54. The van der Waals surface area contributed by atoms with E-state index in [-0.39, 0.29) is 24.4 Å². The SMILES string of the molecule is Cc1c(O)ccc2c(COC(=O)C3Cc4ccccc4C(=O)O3)cc(=O)oc12. The van der Waals surface area contributed by atoms with E-state index in [1.54, 1.807) is 37.3 Å². The fourth-order valence-electron chi connectivity index (χ4n) is 3.24. The minimum absolute atomic E-state index is 0.00224. The molecule has 7 nitrogen and oxygen atoms in total. The molecule has 0 spiro atoms. The Morgan fingerprint density at radius 3 is 2.82 bits per heavy atom. The predicted molar refractivity (Wildman–Crippen MR) is 98.0 cm³/mol. The minimum atomic E-state index is -1.04. The van der Waals surface area contributed by atoms with Crippen LogP contribution in [0.1, 0.15) is 27.0 Å². The first kappa shape index (κ1) is 17.8. The molecule has 0 amide bonds. The molecule has 3 aromatic rings. The highest BCUT2D eigenvalue weighted by atomic mass is 16.6. The molecule has 1 aromatic heterocycles. The molecule has 28 heavy (non-hydrogen) atoms. The second-order valence-electron chi connectivity index (χ2n) is 6.54. The largest absolute Gasteiger partial charge is 0.508 e. The molecule has 2 heterocycles. The van der Waals surface area contributed by atoms with E-state index in [2.05, 4.69) is 0 Å². The van der Waals surface area contributed by atoms with Crippen LogP contribution in [-0.2, 0) is 27.3 Å². The number of cyclic esters (lactones) is 1. The summed E-state index contributed by atoms with van der Waals surface area (Å²) in [5.41, 5.74) is 1.62. The zero-order valence-electron chi connectivity index (χ0n) is 14.9. The lowest BCUT2D eigenvalue weighted by atomic mass is 9.99. The average molecular weight is 380 g/mol. The first-order valence-corrected chi connectivity index (χ1v) is 8.65. The maximum atomic E-state index is 12.4. The summed E-state index contributed by atoms with van der Waals surface area (Å²) in [4.78, 5) is 36.3. The average Bonchev–Trinajstić information content (AvgIpc) is 2.69. The highest BCUT2D eigenvalue weighted by Crippen LogP contribution is 2.28. The zero-order valence-corrected chi connectivity index (χ0v) is 14.9. The molecule has 2 aromatic carbocycles. The van der Waals surface area contributed by atoms with E-state index < -0.39 is 23.7 Å². The molecule has 0 radical (unpaired) electrons. The molecule has 0 saturated carbocycles. The van der Waals surface area contributed by atoms with Crippen LogP contribution in [-0.4, -0.2) is 23.1 Å². The number of aryl methyl sites for hydroxylation is 1. The molecule has 142 valence electrons. The lowest BCUT2D eigenvalue weighted by Crippen LogP contribution is -2.35. The van der Waals surface area contributed by atoms with E-state index in [0.717, 1.165) is 5.56 Å². The lowest BCUT2D eigenvalue weighted by Gasteiger charge is -2.23. The molecule has 0 bridgehead atoms. The summed E-state index contributed by atoms with van der Waals surface area (Å²) in [5, 5.41) is 10.3. The summed E-state index contributed by atoms with van der Waals surface area (Å²) in [6, 6.07) is 11.2. The van der Waals surface area contributed by atoms with Gasteiger partial charge in [-0.1, -0.05) is 18.2 Å². The van der Waals surface area contributed by atoms with Crippen molar-refractivity contribution in [2.75, 3.05) is 0 Å². The molecule has 1 aliphatic rings. The molecular weight excluding hydrogens is 364 g/mol. The Kier molecular flexibility index (Phi) is 4.35. The van der Waals surface area contributed by atoms with Gasteiger partial charge in [0.2, 0.25) is 6.10 Å². The predicted octanol–water partition coefficient (Wildman–Crippen LogP) is 2.63. The third-order valence-corrected chi connectivity index (χ3v) is 4.74. The topological polar surface area (TPSA) is 103 Å². The van der Waals surface area contributed by atoms with Crippen molar-refractivity contribution in [3.05, 3.63) is 75.1 Å². The van der Waals surface area contributed by atoms with Gasteiger partial charge in [0.05, 0.1) is 5.56 Å². The van der Waals surface area contributed by atoms with Gasteiger partial charge >= 0.3 is 17.6 Å². The van der Waals surface area contributed by atoms with Crippen LogP contribution in [0.3, 0.4) is 0 Å². The van der Waals surface area contributed by atoms with E-state index in [4.69, 9.17) is 13.9 Å². The highest BCUT2D eigenvalue weighted by Gasteiger charge is 2.32. The van der Waals surface area contributed by atoms with Gasteiger partial charge in [0, 0.05) is 29.0 Å². The Bertz CT molecular complexity index is 1160. The quantitative estimate of drug-likeness (QED) is 0.550. The number of hydrogen-bond acceptors (Lipinski definition) is 7. The Balaban J connectivity index is 1.56. The fourth-order valence-corrected chi connectivity index (χ4v) is 3.24. The first-order valence-electron chi connectivity index (χ1n) is 8.65. The Morgan fingerprint density at radius 2 is 2.00 bits per heavy atom. The number of esters is 2. The number of carbonyl (C=O) groups excluding carboxylic acids is 2. The Labute approximate surface area is 159 Å². The van der Waals surface area contributed by atoms with Gasteiger partial charge < -0.3 is 19.0 Å². The molecule has 0 fully saturated rings. The van der Waals surface area contributed by atoms with Gasteiger partial charge in [0.25, 0.3) is 0 Å². The fraction of sp³-hybridized carbons (Fsp3) is 0.190. The monoisotopic (exact) mass is 380 g/mol. The summed E-state index contributed by atoms with van der Waals surface area (Å²) in [6.07, 6.45) is -0.814. The van der Waals surface area contributed by atoms with Crippen molar-refractivity contribution in [1.82, 2.24) is 0 Å². The molecule has 1 N–H and O–H groups in total. The minimum Gasteiger partial charge on any atom is -0.508 e. The zero-order chi connectivity index (χ0) is 19.8. The number of ether oxygens (including phenoxy) is 2. The molecular formula is C21H16O7. The number of benzene rings is 2. The Morgan fingerprint density at radius 1 is 1.21 bits per heavy atom. The van der Waals surface area contributed by atoms with Crippen LogP contribution in [0, 0.1) is 6.92 Å². The molecule has 1 aliphatic heterocycles. The van der Waals surface area contributed by atoms with Crippen molar-refractivity contribution in [2.24, 2.45) is 0 Å². The van der Waals surface area contributed by atoms with Crippen molar-refractivity contribution in [2.45, 2.75) is 26.1 Å². The number of phenols is 1. The van der Waals surface area contributed by atoms with E-state index in [1.807, 2.05) is 0 Å². The van der Waals surface area contributed by atoms with Crippen LogP contribution >= 0.6 is 0 Å². The van der Waals surface area contributed by atoms with Crippen molar-refractivity contribution in [1.29, 1.82) is 0 Å².